The second kappa shape index (κ2) is 7.57. The molecule has 1 saturated heterocycles. The Balaban J connectivity index is 1.44. The van der Waals surface area contributed by atoms with Crippen molar-refractivity contribution >= 4 is 11.8 Å². The zero-order chi connectivity index (χ0) is 17.9. The lowest BCUT2D eigenvalue weighted by Gasteiger charge is -2.23. The van der Waals surface area contributed by atoms with Crippen molar-refractivity contribution < 1.29 is 0 Å². The van der Waals surface area contributed by atoms with Crippen LogP contribution in [0, 0.1) is 0 Å². The van der Waals surface area contributed by atoms with Gasteiger partial charge < -0.3 is 15.5 Å². The van der Waals surface area contributed by atoms with Crippen molar-refractivity contribution in [2.75, 3.05) is 37.4 Å². The average molecular weight is 353 g/mol. The molecule has 7 heteroatoms. The lowest BCUT2D eigenvalue weighted by atomic mass is 10.0. The van der Waals surface area contributed by atoms with E-state index in [1.807, 2.05) is 19.0 Å². The highest BCUT2D eigenvalue weighted by Crippen LogP contribution is 2.25. The molecule has 2 unspecified atom stereocenters. The Bertz CT molecular complexity index is 747. The normalized spacial score (nSPS) is 22.1. The highest BCUT2D eigenvalue weighted by atomic mass is 15.4. The number of hydrazine groups is 1. The van der Waals surface area contributed by atoms with Gasteiger partial charge in [-0.25, -0.2) is 10.4 Å². The lowest BCUT2D eigenvalue weighted by Crippen LogP contribution is -2.36. The Hall–Kier alpha value is -2.22. The van der Waals surface area contributed by atoms with Crippen LogP contribution in [0.4, 0.5) is 11.8 Å². The number of benzene rings is 1. The number of nitrogens with zero attached hydrogens (tertiary/aromatic N) is 3. The molecule has 0 saturated carbocycles. The third kappa shape index (κ3) is 3.65. The van der Waals surface area contributed by atoms with Gasteiger partial charge in [-0.3, -0.25) is 5.43 Å². The minimum absolute atomic E-state index is 0.351. The van der Waals surface area contributed by atoms with Gasteiger partial charge in [-0.15, -0.1) is 0 Å². The van der Waals surface area contributed by atoms with Crippen molar-refractivity contribution in [3.63, 3.8) is 0 Å². The average Bonchev–Trinajstić information content (AvgIpc) is 3.15. The summed E-state index contributed by atoms with van der Waals surface area (Å²) in [4.78, 5) is 11.4. The Kier molecular flexibility index (Phi) is 5.01. The van der Waals surface area contributed by atoms with Crippen LogP contribution >= 0.6 is 0 Å². The fourth-order valence-electron chi connectivity index (χ4n) is 3.57. The number of hydrogen-bond acceptors (Lipinski definition) is 7. The molecular formula is C19H27N7. The molecule has 138 valence electrons. The second-order valence-electron chi connectivity index (χ2n) is 7.18. The van der Waals surface area contributed by atoms with Gasteiger partial charge in [0, 0.05) is 44.8 Å². The molecule has 2 aromatic rings. The van der Waals surface area contributed by atoms with E-state index in [0.29, 0.717) is 12.1 Å². The fraction of sp³-hybridized carbons (Fsp3) is 0.474. The molecule has 3 heterocycles. The van der Waals surface area contributed by atoms with E-state index in [2.05, 4.69) is 56.8 Å². The standard InChI is InChI=1S/C19H27N7/c1-26(2)19-22-17-12-20-9-8-15(17)18(23-19)21-11-14-10-16(25-24-14)13-6-4-3-5-7-13/h3-7,14,16,20,24-25H,8-12H2,1-2H3,(H,21,22,23). The van der Waals surface area contributed by atoms with Crippen LogP contribution in [0.5, 0.6) is 0 Å². The van der Waals surface area contributed by atoms with Crippen LogP contribution in [0.15, 0.2) is 30.3 Å². The van der Waals surface area contributed by atoms with Crippen molar-refractivity contribution in [3.05, 3.63) is 47.2 Å². The first kappa shape index (κ1) is 17.2. The topological polar surface area (TPSA) is 77.1 Å². The number of fused-ring (bicyclic) bond motifs is 1. The molecule has 1 aromatic carbocycles. The van der Waals surface area contributed by atoms with E-state index in [1.165, 1.54) is 11.1 Å². The monoisotopic (exact) mass is 353 g/mol. The lowest BCUT2D eigenvalue weighted by molar-refractivity contribution is 0.551. The van der Waals surface area contributed by atoms with Crippen molar-refractivity contribution in [2.24, 2.45) is 0 Å². The maximum atomic E-state index is 4.75. The van der Waals surface area contributed by atoms with Crippen LogP contribution in [0.25, 0.3) is 0 Å². The number of hydrogen-bond donors (Lipinski definition) is 4. The summed E-state index contributed by atoms with van der Waals surface area (Å²) in [5, 5.41) is 6.97. The van der Waals surface area contributed by atoms with E-state index in [1.54, 1.807) is 0 Å². The summed E-state index contributed by atoms with van der Waals surface area (Å²) < 4.78 is 0. The SMILES string of the molecule is CN(C)c1nc2c(c(NCC3CC(c4ccccc4)NN3)n1)CCNC2. The van der Waals surface area contributed by atoms with Crippen LogP contribution in [-0.2, 0) is 13.0 Å². The maximum absolute atomic E-state index is 4.75. The van der Waals surface area contributed by atoms with E-state index < -0.39 is 0 Å². The first-order chi connectivity index (χ1) is 12.7. The molecule has 4 N–H and O–H groups in total. The van der Waals surface area contributed by atoms with Gasteiger partial charge >= 0.3 is 0 Å². The van der Waals surface area contributed by atoms with Gasteiger partial charge in [-0.1, -0.05) is 30.3 Å². The first-order valence-electron chi connectivity index (χ1n) is 9.28. The summed E-state index contributed by atoms with van der Waals surface area (Å²) in [6.45, 7) is 2.62. The molecule has 1 aromatic heterocycles. The summed E-state index contributed by atoms with van der Waals surface area (Å²) in [6.07, 6.45) is 2.01. The van der Waals surface area contributed by atoms with Gasteiger partial charge in [0.2, 0.25) is 5.95 Å². The third-order valence-corrected chi connectivity index (χ3v) is 5.02. The molecule has 26 heavy (non-hydrogen) atoms. The fourth-order valence-corrected chi connectivity index (χ4v) is 3.57. The third-order valence-electron chi connectivity index (χ3n) is 5.02. The number of anilines is 2. The molecule has 2 aliphatic heterocycles. The smallest absolute Gasteiger partial charge is 0.227 e. The minimum atomic E-state index is 0.351. The predicted molar refractivity (Wildman–Crippen MR) is 104 cm³/mol. The van der Waals surface area contributed by atoms with E-state index in [0.717, 1.165) is 49.9 Å². The summed E-state index contributed by atoms with van der Waals surface area (Å²) >= 11 is 0. The molecule has 2 atom stereocenters. The summed E-state index contributed by atoms with van der Waals surface area (Å²) in [7, 11) is 3.96. The van der Waals surface area contributed by atoms with Crippen molar-refractivity contribution in [3.8, 4) is 0 Å². The Morgan fingerprint density at radius 3 is 2.81 bits per heavy atom. The Labute approximate surface area is 154 Å². The molecule has 2 aliphatic rings. The Morgan fingerprint density at radius 1 is 1.15 bits per heavy atom. The number of nitrogens with one attached hydrogen (secondary N) is 4. The van der Waals surface area contributed by atoms with E-state index in [-0.39, 0.29) is 0 Å². The van der Waals surface area contributed by atoms with Gasteiger partial charge in [0.05, 0.1) is 5.69 Å². The van der Waals surface area contributed by atoms with Crippen LogP contribution < -0.4 is 26.4 Å². The Morgan fingerprint density at radius 2 is 2.00 bits per heavy atom. The van der Waals surface area contributed by atoms with E-state index >= 15 is 0 Å². The van der Waals surface area contributed by atoms with Crippen LogP contribution in [0.2, 0.25) is 0 Å². The number of rotatable bonds is 5. The maximum Gasteiger partial charge on any atom is 0.227 e. The summed E-state index contributed by atoms with van der Waals surface area (Å²) in [5.41, 5.74) is 10.5. The van der Waals surface area contributed by atoms with Crippen LogP contribution in [0.3, 0.4) is 0 Å². The largest absolute Gasteiger partial charge is 0.368 e. The van der Waals surface area contributed by atoms with E-state index in [4.69, 9.17) is 4.98 Å². The van der Waals surface area contributed by atoms with Gasteiger partial charge in [0.25, 0.3) is 0 Å². The minimum Gasteiger partial charge on any atom is -0.368 e. The predicted octanol–water partition coefficient (Wildman–Crippen LogP) is 1.21. The molecule has 0 bridgehead atoms. The van der Waals surface area contributed by atoms with Crippen LogP contribution in [0.1, 0.15) is 29.3 Å². The zero-order valence-corrected chi connectivity index (χ0v) is 15.4. The quantitative estimate of drug-likeness (QED) is 0.644. The molecule has 0 aliphatic carbocycles. The first-order valence-corrected chi connectivity index (χ1v) is 9.28. The highest BCUT2D eigenvalue weighted by Gasteiger charge is 2.25. The molecular weight excluding hydrogens is 326 g/mol. The second-order valence-corrected chi connectivity index (χ2v) is 7.18. The molecule has 0 spiro atoms. The summed E-state index contributed by atoms with van der Waals surface area (Å²) in [6, 6.07) is 11.3. The van der Waals surface area contributed by atoms with Crippen molar-refractivity contribution in [1.29, 1.82) is 0 Å². The highest BCUT2D eigenvalue weighted by molar-refractivity contribution is 5.52. The van der Waals surface area contributed by atoms with Crippen molar-refractivity contribution in [2.45, 2.75) is 31.5 Å². The molecule has 4 rings (SSSR count). The molecule has 0 radical (unpaired) electrons. The van der Waals surface area contributed by atoms with Gasteiger partial charge in [-0.2, -0.15) is 4.98 Å². The molecule has 7 nitrogen and oxygen atoms in total. The van der Waals surface area contributed by atoms with Gasteiger partial charge in [0.1, 0.15) is 5.82 Å². The van der Waals surface area contributed by atoms with Gasteiger partial charge in [-0.05, 0) is 24.9 Å². The summed E-state index contributed by atoms with van der Waals surface area (Å²) in [5.74, 6) is 1.74. The molecule has 0 amide bonds. The van der Waals surface area contributed by atoms with Crippen molar-refractivity contribution in [1.82, 2.24) is 26.1 Å². The van der Waals surface area contributed by atoms with Gasteiger partial charge in [0.15, 0.2) is 0 Å². The molecule has 1 fully saturated rings. The number of aromatic nitrogens is 2. The van der Waals surface area contributed by atoms with E-state index in [9.17, 15) is 0 Å². The zero-order valence-electron chi connectivity index (χ0n) is 15.4. The van der Waals surface area contributed by atoms with Crippen LogP contribution in [-0.4, -0.2) is 43.2 Å².